The van der Waals surface area contributed by atoms with Crippen LogP contribution in [0.1, 0.15) is 19.0 Å². The van der Waals surface area contributed by atoms with Crippen LogP contribution in [0.5, 0.6) is 0 Å². The molecule has 0 radical (unpaired) electrons. The number of nitrogens with zero attached hydrogens (tertiary/aromatic N) is 2. The fourth-order valence-electron chi connectivity index (χ4n) is 1.14. The van der Waals surface area contributed by atoms with E-state index in [2.05, 4.69) is 4.98 Å². The van der Waals surface area contributed by atoms with Crippen LogP contribution >= 0.6 is 0 Å². The first-order valence-electron chi connectivity index (χ1n) is 3.18. The molecule has 0 spiro atoms. The molecule has 0 fully saturated rings. The van der Waals surface area contributed by atoms with Gasteiger partial charge in [0.1, 0.15) is 5.82 Å². The molecule has 0 bridgehead atoms. The monoisotopic (exact) mass is 136 g/mol. The zero-order valence-corrected chi connectivity index (χ0v) is 5.65. The summed E-state index contributed by atoms with van der Waals surface area (Å²) in [5.41, 5.74) is 0.947. The molecular formula is C7H8N2O. The fourth-order valence-corrected chi connectivity index (χ4v) is 1.14. The van der Waals surface area contributed by atoms with Crippen LogP contribution in [0.25, 0.3) is 6.08 Å². The summed E-state index contributed by atoms with van der Waals surface area (Å²) >= 11 is 0. The molecule has 0 saturated carbocycles. The maximum atomic E-state index is 9.39. The van der Waals surface area contributed by atoms with Crippen LogP contribution in [0.2, 0.25) is 0 Å². The van der Waals surface area contributed by atoms with Crippen molar-refractivity contribution >= 4 is 6.08 Å². The molecule has 1 N–H and O–H groups in total. The second-order valence-electron chi connectivity index (χ2n) is 2.45. The molecule has 0 amide bonds. The van der Waals surface area contributed by atoms with E-state index in [1.54, 1.807) is 17.0 Å². The highest BCUT2D eigenvalue weighted by Gasteiger charge is 2.18. The molecule has 0 aromatic carbocycles. The van der Waals surface area contributed by atoms with E-state index in [0.717, 1.165) is 11.4 Å². The van der Waals surface area contributed by atoms with Crippen LogP contribution in [-0.4, -0.2) is 14.7 Å². The molecular weight excluding hydrogens is 128 g/mol. The van der Waals surface area contributed by atoms with Gasteiger partial charge in [0.15, 0.2) is 6.23 Å². The number of aliphatic hydroxyl groups is 1. The normalized spacial score (nSPS) is 22.6. The lowest BCUT2D eigenvalue weighted by molar-refractivity contribution is 0.148. The van der Waals surface area contributed by atoms with Crippen molar-refractivity contribution in [2.24, 2.45) is 0 Å². The highest BCUT2D eigenvalue weighted by molar-refractivity contribution is 5.50. The maximum Gasteiger partial charge on any atom is 0.154 e. The van der Waals surface area contributed by atoms with Crippen LogP contribution in [0, 0.1) is 0 Å². The van der Waals surface area contributed by atoms with Gasteiger partial charge in [0.25, 0.3) is 0 Å². The second-order valence-corrected chi connectivity index (χ2v) is 2.45. The zero-order valence-electron chi connectivity index (χ0n) is 5.65. The Morgan fingerprint density at radius 1 is 1.70 bits per heavy atom. The van der Waals surface area contributed by atoms with Crippen molar-refractivity contribution in [2.45, 2.75) is 13.2 Å². The van der Waals surface area contributed by atoms with Gasteiger partial charge in [0, 0.05) is 12.4 Å². The Hall–Kier alpha value is -1.09. The number of fused-ring (bicyclic) bond motifs is 1. The number of hydrogen-bond donors (Lipinski definition) is 1. The van der Waals surface area contributed by atoms with E-state index < -0.39 is 6.23 Å². The van der Waals surface area contributed by atoms with Gasteiger partial charge in [-0.2, -0.15) is 0 Å². The van der Waals surface area contributed by atoms with Crippen LogP contribution in [0.3, 0.4) is 0 Å². The molecule has 3 heteroatoms. The van der Waals surface area contributed by atoms with Crippen molar-refractivity contribution in [2.75, 3.05) is 0 Å². The standard InChI is InChI=1S/C7H8N2O/c1-5-4-6-8-2-3-9(6)7(5)10/h2-4,7,10H,1H3. The summed E-state index contributed by atoms with van der Waals surface area (Å²) in [6.45, 7) is 1.89. The van der Waals surface area contributed by atoms with E-state index >= 15 is 0 Å². The van der Waals surface area contributed by atoms with Crippen LogP contribution < -0.4 is 0 Å². The minimum absolute atomic E-state index is 0.488. The number of aliphatic hydroxyl groups excluding tert-OH is 1. The van der Waals surface area contributed by atoms with Gasteiger partial charge in [-0.15, -0.1) is 0 Å². The first kappa shape index (κ1) is 5.68. The van der Waals surface area contributed by atoms with Gasteiger partial charge < -0.3 is 9.67 Å². The molecule has 1 atom stereocenters. The lowest BCUT2D eigenvalue weighted by atomic mass is 10.3. The Morgan fingerprint density at radius 3 is 3.20 bits per heavy atom. The van der Waals surface area contributed by atoms with E-state index in [-0.39, 0.29) is 0 Å². The molecule has 1 aromatic rings. The summed E-state index contributed by atoms with van der Waals surface area (Å²) in [6.07, 6.45) is 4.84. The van der Waals surface area contributed by atoms with Gasteiger partial charge in [-0.1, -0.05) is 0 Å². The zero-order chi connectivity index (χ0) is 7.14. The Kier molecular flexibility index (Phi) is 0.964. The van der Waals surface area contributed by atoms with Crippen molar-refractivity contribution < 1.29 is 5.11 Å². The van der Waals surface area contributed by atoms with E-state index in [0.29, 0.717) is 0 Å². The van der Waals surface area contributed by atoms with E-state index in [4.69, 9.17) is 0 Å². The second kappa shape index (κ2) is 1.70. The van der Waals surface area contributed by atoms with E-state index in [1.807, 2.05) is 13.0 Å². The highest BCUT2D eigenvalue weighted by Crippen LogP contribution is 2.24. The molecule has 52 valence electrons. The van der Waals surface area contributed by atoms with Crippen LogP contribution in [0.4, 0.5) is 0 Å². The molecule has 1 aromatic heterocycles. The minimum atomic E-state index is -0.488. The molecule has 0 saturated heterocycles. The van der Waals surface area contributed by atoms with Gasteiger partial charge in [-0.05, 0) is 18.6 Å². The number of imidazole rings is 1. The molecule has 2 heterocycles. The maximum absolute atomic E-state index is 9.39. The third-order valence-electron chi connectivity index (χ3n) is 1.73. The Labute approximate surface area is 58.6 Å². The lowest BCUT2D eigenvalue weighted by Gasteiger charge is -2.05. The first-order valence-corrected chi connectivity index (χ1v) is 3.18. The fraction of sp³-hybridized carbons (Fsp3) is 0.286. The molecule has 2 rings (SSSR count). The van der Waals surface area contributed by atoms with Gasteiger partial charge in [-0.25, -0.2) is 4.98 Å². The summed E-state index contributed by atoms with van der Waals surface area (Å²) in [5, 5.41) is 9.39. The van der Waals surface area contributed by atoms with Crippen molar-refractivity contribution in [3.63, 3.8) is 0 Å². The Balaban J connectivity index is 2.57. The summed E-state index contributed by atoms with van der Waals surface area (Å²) in [5.74, 6) is 0.838. The average molecular weight is 136 g/mol. The first-order chi connectivity index (χ1) is 4.79. The van der Waals surface area contributed by atoms with Crippen molar-refractivity contribution in [3.05, 3.63) is 23.8 Å². The quantitative estimate of drug-likeness (QED) is 0.572. The molecule has 10 heavy (non-hydrogen) atoms. The van der Waals surface area contributed by atoms with Gasteiger partial charge >= 0.3 is 0 Å². The molecule has 0 aliphatic carbocycles. The molecule has 1 unspecified atom stereocenters. The van der Waals surface area contributed by atoms with E-state index in [9.17, 15) is 5.11 Å². The SMILES string of the molecule is CC1=Cc2nccn2C1O. The predicted octanol–water partition coefficient (Wildman–Crippen LogP) is 0.791. The summed E-state index contributed by atoms with van der Waals surface area (Å²) < 4.78 is 1.73. The van der Waals surface area contributed by atoms with Gasteiger partial charge in [0.05, 0.1) is 0 Å². The smallest absolute Gasteiger partial charge is 0.154 e. The predicted molar refractivity (Wildman–Crippen MR) is 37.1 cm³/mol. The highest BCUT2D eigenvalue weighted by atomic mass is 16.3. The van der Waals surface area contributed by atoms with E-state index in [1.165, 1.54) is 0 Å². The average Bonchev–Trinajstić information content (AvgIpc) is 2.41. The largest absolute Gasteiger partial charge is 0.369 e. The number of aromatic nitrogens is 2. The molecule has 1 aliphatic heterocycles. The molecule has 1 aliphatic rings. The third-order valence-corrected chi connectivity index (χ3v) is 1.73. The van der Waals surface area contributed by atoms with Crippen molar-refractivity contribution in [3.8, 4) is 0 Å². The van der Waals surface area contributed by atoms with Crippen molar-refractivity contribution in [1.82, 2.24) is 9.55 Å². The third kappa shape index (κ3) is 0.552. The van der Waals surface area contributed by atoms with Gasteiger partial charge in [-0.3, -0.25) is 0 Å². The Bertz CT molecular complexity index is 288. The Morgan fingerprint density at radius 2 is 2.50 bits per heavy atom. The molecule has 3 nitrogen and oxygen atoms in total. The topological polar surface area (TPSA) is 38.0 Å². The lowest BCUT2D eigenvalue weighted by Crippen LogP contribution is -2.03. The van der Waals surface area contributed by atoms with Crippen LogP contribution in [0.15, 0.2) is 18.0 Å². The number of rotatable bonds is 0. The summed E-state index contributed by atoms with van der Waals surface area (Å²) in [4.78, 5) is 4.02. The summed E-state index contributed by atoms with van der Waals surface area (Å²) in [7, 11) is 0. The van der Waals surface area contributed by atoms with Crippen LogP contribution in [-0.2, 0) is 0 Å². The minimum Gasteiger partial charge on any atom is -0.369 e. The number of hydrogen-bond acceptors (Lipinski definition) is 2. The van der Waals surface area contributed by atoms with Crippen molar-refractivity contribution in [1.29, 1.82) is 0 Å². The van der Waals surface area contributed by atoms with Gasteiger partial charge in [0.2, 0.25) is 0 Å². The summed E-state index contributed by atoms with van der Waals surface area (Å²) in [6, 6.07) is 0.